The molecule has 5 nitrogen and oxygen atoms in total. The molecule has 0 spiro atoms. The maximum Gasteiger partial charge on any atom is 0.332 e. The second kappa shape index (κ2) is 6.22. The summed E-state index contributed by atoms with van der Waals surface area (Å²) in [5, 5.41) is 9.41. The van der Waals surface area contributed by atoms with E-state index in [1.807, 2.05) is 0 Å². The number of carbonyl (C=O) groups is 2. The number of aryl methyl sites for hydroxylation is 1. The van der Waals surface area contributed by atoms with Gasteiger partial charge in [0.25, 0.3) is 5.91 Å². The van der Waals surface area contributed by atoms with E-state index in [0.717, 1.165) is 0 Å². The molecule has 1 saturated heterocycles. The van der Waals surface area contributed by atoms with Crippen LogP contribution in [-0.2, 0) is 9.53 Å². The normalized spacial score (nSPS) is 21.2. The van der Waals surface area contributed by atoms with Crippen LogP contribution < -0.4 is 0 Å². The number of halogens is 2. The van der Waals surface area contributed by atoms with Crippen molar-refractivity contribution < 1.29 is 23.8 Å². The number of hydrogen-bond donors (Lipinski definition) is 1. The van der Waals surface area contributed by atoms with Crippen molar-refractivity contribution in [3.8, 4) is 0 Å². The number of hydrogen-bond acceptors (Lipinski definition) is 3. The number of carboxylic acid groups (broad SMARTS) is 1. The second-order valence-electron chi connectivity index (χ2n) is 5.39. The Labute approximate surface area is 132 Å². The summed E-state index contributed by atoms with van der Waals surface area (Å²) in [7, 11) is 1.37. The van der Waals surface area contributed by atoms with Crippen molar-refractivity contribution >= 4 is 23.5 Å². The van der Waals surface area contributed by atoms with Crippen LogP contribution in [0.5, 0.6) is 0 Å². The number of carbonyl (C=O) groups excluding carboxylic acids is 1. The Bertz CT molecular complexity index is 622. The molecule has 0 saturated carbocycles. The predicted molar refractivity (Wildman–Crippen MR) is 78.7 cm³/mol. The van der Waals surface area contributed by atoms with Gasteiger partial charge in [0.15, 0.2) is 11.4 Å². The molecule has 2 rings (SSSR count). The first kappa shape index (κ1) is 16.7. The van der Waals surface area contributed by atoms with Crippen LogP contribution in [0.15, 0.2) is 12.1 Å². The summed E-state index contributed by atoms with van der Waals surface area (Å²) in [6, 6.07) is 2.87. The van der Waals surface area contributed by atoms with Gasteiger partial charge < -0.3 is 14.7 Å². The second-order valence-corrected chi connectivity index (χ2v) is 5.77. The lowest BCUT2D eigenvalue weighted by atomic mass is 9.96. The van der Waals surface area contributed by atoms with E-state index in [2.05, 4.69) is 0 Å². The van der Waals surface area contributed by atoms with E-state index >= 15 is 0 Å². The topological polar surface area (TPSA) is 66.8 Å². The maximum atomic E-state index is 14.2. The minimum Gasteiger partial charge on any atom is -0.479 e. The molecule has 1 aliphatic rings. The van der Waals surface area contributed by atoms with Gasteiger partial charge in [-0.2, -0.15) is 0 Å². The Balaban J connectivity index is 2.44. The summed E-state index contributed by atoms with van der Waals surface area (Å²) >= 11 is 5.84. The van der Waals surface area contributed by atoms with Gasteiger partial charge in [0, 0.05) is 13.7 Å². The van der Waals surface area contributed by atoms with Gasteiger partial charge >= 0.3 is 5.97 Å². The van der Waals surface area contributed by atoms with Gasteiger partial charge in [0.05, 0.1) is 17.2 Å². The zero-order chi connectivity index (χ0) is 16.5. The Morgan fingerprint density at radius 2 is 2.18 bits per heavy atom. The maximum absolute atomic E-state index is 14.2. The molecule has 1 fully saturated rings. The lowest BCUT2D eigenvalue weighted by Crippen LogP contribution is -2.56. The monoisotopic (exact) mass is 329 g/mol. The fourth-order valence-electron chi connectivity index (χ4n) is 2.80. The van der Waals surface area contributed by atoms with Crippen molar-refractivity contribution in [1.82, 2.24) is 4.90 Å². The Morgan fingerprint density at radius 3 is 2.77 bits per heavy atom. The Hall–Kier alpha value is -1.66. The van der Waals surface area contributed by atoms with Crippen LogP contribution in [0.2, 0.25) is 5.02 Å². The molecule has 0 bridgehead atoms. The highest BCUT2D eigenvalue weighted by Gasteiger charge is 2.50. The van der Waals surface area contributed by atoms with Crippen molar-refractivity contribution in [3.05, 3.63) is 34.1 Å². The number of aliphatic carboxylic acids is 1. The van der Waals surface area contributed by atoms with Crippen LogP contribution in [-0.4, -0.2) is 47.7 Å². The number of benzene rings is 1. The molecule has 22 heavy (non-hydrogen) atoms. The summed E-state index contributed by atoms with van der Waals surface area (Å²) in [6.07, 6.45) is 0.783. The van der Waals surface area contributed by atoms with Crippen LogP contribution in [0.3, 0.4) is 0 Å². The van der Waals surface area contributed by atoms with Crippen LogP contribution in [0.1, 0.15) is 28.8 Å². The number of ether oxygens (including phenoxy) is 1. The first-order valence-electron chi connectivity index (χ1n) is 6.84. The van der Waals surface area contributed by atoms with Crippen LogP contribution >= 0.6 is 11.6 Å². The van der Waals surface area contributed by atoms with Gasteiger partial charge in [0.2, 0.25) is 0 Å². The molecule has 1 atom stereocenters. The van der Waals surface area contributed by atoms with Gasteiger partial charge in [0.1, 0.15) is 0 Å². The van der Waals surface area contributed by atoms with E-state index in [9.17, 15) is 19.1 Å². The van der Waals surface area contributed by atoms with Gasteiger partial charge in [-0.25, -0.2) is 9.18 Å². The fraction of sp³-hybridized carbons (Fsp3) is 0.467. The highest BCUT2D eigenvalue weighted by atomic mass is 35.5. The SMILES string of the molecule is COCC1(C(=O)O)CCCN1C(=O)c1ccc(C)c(Cl)c1F. The van der Waals surface area contributed by atoms with Crippen molar-refractivity contribution in [2.45, 2.75) is 25.3 Å². The van der Waals surface area contributed by atoms with E-state index in [-0.39, 0.29) is 30.2 Å². The van der Waals surface area contributed by atoms with E-state index in [4.69, 9.17) is 16.3 Å². The molecule has 1 aliphatic heterocycles. The van der Waals surface area contributed by atoms with Crippen molar-refractivity contribution in [1.29, 1.82) is 0 Å². The molecule has 1 heterocycles. The third-order valence-corrected chi connectivity index (χ3v) is 4.48. The standard InChI is InChI=1S/C15H17ClFNO4/c1-9-4-5-10(12(17)11(9)16)13(19)18-7-3-6-15(18,8-22-2)14(20)21/h4-5H,3,6-8H2,1-2H3,(H,20,21). The molecule has 0 radical (unpaired) electrons. The van der Waals surface area contributed by atoms with Crippen molar-refractivity contribution in [2.75, 3.05) is 20.3 Å². The number of rotatable bonds is 4. The van der Waals surface area contributed by atoms with Crippen LogP contribution in [0, 0.1) is 12.7 Å². The van der Waals surface area contributed by atoms with Gasteiger partial charge in [-0.1, -0.05) is 17.7 Å². The number of amides is 1. The molecular formula is C15H17ClFNO4. The van der Waals surface area contributed by atoms with Gasteiger partial charge in [-0.3, -0.25) is 4.79 Å². The summed E-state index contributed by atoms with van der Waals surface area (Å²) in [6.45, 7) is 1.72. The van der Waals surface area contributed by atoms with E-state index in [0.29, 0.717) is 12.0 Å². The summed E-state index contributed by atoms with van der Waals surface area (Å²) in [5.41, 5.74) is -1.17. The molecular weight excluding hydrogens is 313 g/mol. The lowest BCUT2D eigenvalue weighted by Gasteiger charge is -2.34. The smallest absolute Gasteiger partial charge is 0.332 e. The Morgan fingerprint density at radius 1 is 1.50 bits per heavy atom. The highest BCUT2D eigenvalue weighted by Crippen LogP contribution is 2.33. The molecule has 0 aromatic heterocycles. The molecule has 1 amide bonds. The molecule has 120 valence electrons. The van der Waals surface area contributed by atoms with Crippen molar-refractivity contribution in [3.63, 3.8) is 0 Å². The summed E-state index contributed by atoms with van der Waals surface area (Å²) in [5.74, 6) is -2.66. The zero-order valence-corrected chi connectivity index (χ0v) is 13.1. The van der Waals surface area contributed by atoms with E-state index in [1.54, 1.807) is 6.92 Å². The van der Waals surface area contributed by atoms with Gasteiger partial charge in [-0.15, -0.1) is 0 Å². The largest absolute Gasteiger partial charge is 0.479 e. The zero-order valence-electron chi connectivity index (χ0n) is 12.4. The predicted octanol–water partition coefficient (Wildman–Crippen LogP) is 2.49. The molecule has 1 aromatic rings. The molecule has 0 aliphatic carbocycles. The Kier molecular flexibility index (Phi) is 4.72. The number of nitrogens with zero attached hydrogens (tertiary/aromatic N) is 1. The first-order chi connectivity index (χ1) is 10.3. The van der Waals surface area contributed by atoms with Gasteiger partial charge in [-0.05, 0) is 31.4 Å². The van der Waals surface area contributed by atoms with E-state index < -0.39 is 23.2 Å². The third kappa shape index (κ3) is 2.57. The molecule has 1 N–H and O–H groups in total. The molecule has 1 aromatic carbocycles. The van der Waals surface area contributed by atoms with Crippen LogP contribution in [0.4, 0.5) is 4.39 Å². The van der Waals surface area contributed by atoms with Crippen LogP contribution in [0.25, 0.3) is 0 Å². The van der Waals surface area contributed by atoms with Crippen molar-refractivity contribution in [2.24, 2.45) is 0 Å². The molecule has 7 heteroatoms. The quantitative estimate of drug-likeness (QED) is 0.921. The average Bonchev–Trinajstić information content (AvgIpc) is 2.90. The summed E-state index contributed by atoms with van der Waals surface area (Å²) < 4.78 is 19.2. The highest BCUT2D eigenvalue weighted by molar-refractivity contribution is 6.31. The minimum absolute atomic E-state index is 0.127. The average molecular weight is 330 g/mol. The number of methoxy groups -OCH3 is 1. The number of carboxylic acids is 1. The first-order valence-corrected chi connectivity index (χ1v) is 7.22. The third-order valence-electron chi connectivity index (χ3n) is 4.02. The number of likely N-dealkylation sites (tertiary alicyclic amines) is 1. The fourth-order valence-corrected chi connectivity index (χ4v) is 2.97. The lowest BCUT2D eigenvalue weighted by molar-refractivity contribution is -0.151. The molecule has 1 unspecified atom stereocenters. The summed E-state index contributed by atoms with van der Waals surface area (Å²) in [4.78, 5) is 25.5. The van der Waals surface area contributed by atoms with E-state index in [1.165, 1.54) is 24.1 Å². The minimum atomic E-state index is -1.46.